The number of benzene rings is 2. The fourth-order valence-corrected chi connectivity index (χ4v) is 2.74. The van der Waals surface area contributed by atoms with Crippen LogP contribution in [0.3, 0.4) is 0 Å². The second-order valence-electron chi connectivity index (χ2n) is 5.53. The Morgan fingerprint density at radius 2 is 1.79 bits per heavy atom. The summed E-state index contributed by atoms with van der Waals surface area (Å²) in [6, 6.07) is 16.7. The quantitative estimate of drug-likeness (QED) is 0.473. The fourth-order valence-electron chi connectivity index (χ4n) is 2.74. The van der Waals surface area contributed by atoms with Crippen LogP contribution in [0.2, 0.25) is 0 Å². The highest BCUT2D eigenvalue weighted by Gasteiger charge is 2.19. The van der Waals surface area contributed by atoms with E-state index in [1.807, 2.05) is 24.5 Å². The largest absolute Gasteiger partial charge is 1.00 e. The number of methoxy groups -OCH3 is 1. The van der Waals surface area contributed by atoms with Crippen LogP contribution in [-0.4, -0.2) is 26.5 Å². The molecule has 0 saturated heterocycles. The standard InChI is InChI=1S/C18H21N3O.2ClH/c1-22-16-9-7-15(8-10-16)13-19-11-4-12-21-14-20-17-5-2-3-6-18(17)21;;/h2-3,5-10,14,19H,4,11-13H2,1H3;2*1H. The van der Waals surface area contributed by atoms with Crippen molar-refractivity contribution in [2.75, 3.05) is 20.2 Å². The van der Waals surface area contributed by atoms with E-state index in [-0.39, 0.29) is 24.8 Å². The maximum Gasteiger partial charge on any atom is 0.194 e. The Bertz CT molecular complexity index is 647. The average Bonchev–Trinajstić information content (AvgIpc) is 2.98. The molecule has 1 atom stereocenters. The number of rotatable bonds is 7. The van der Waals surface area contributed by atoms with Gasteiger partial charge in [0.15, 0.2) is 12.0 Å². The molecule has 2 aromatic carbocycles. The Kier molecular flexibility index (Phi) is 8.79. The third-order valence-corrected chi connectivity index (χ3v) is 4.00. The Morgan fingerprint density at radius 3 is 2.54 bits per heavy atom. The summed E-state index contributed by atoms with van der Waals surface area (Å²) in [7, 11) is 1.70. The average molecular weight is 368 g/mol. The smallest absolute Gasteiger partial charge is 0.194 e. The van der Waals surface area contributed by atoms with Gasteiger partial charge in [-0.25, -0.2) is 0 Å². The second kappa shape index (κ2) is 10.3. The van der Waals surface area contributed by atoms with Crippen molar-refractivity contribution in [2.45, 2.75) is 13.0 Å². The number of hydrogen-bond acceptors (Lipinski definition) is 2. The van der Waals surface area contributed by atoms with Gasteiger partial charge in [0.25, 0.3) is 0 Å². The van der Waals surface area contributed by atoms with E-state index < -0.39 is 0 Å². The first-order chi connectivity index (χ1) is 10.9. The van der Waals surface area contributed by atoms with E-state index in [9.17, 15) is 0 Å². The number of nitrogens with one attached hydrogen (secondary N) is 1. The zero-order valence-corrected chi connectivity index (χ0v) is 15.2. The monoisotopic (exact) mass is 367 g/mol. The Hall–Kier alpha value is -1.59. The summed E-state index contributed by atoms with van der Waals surface area (Å²) in [4.78, 5) is 5.83. The molecule has 4 nitrogen and oxygen atoms in total. The highest BCUT2D eigenvalue weighted by molar-refractivity contribution is 5.71. The van der Waals surface area contributed by atoms with Crippen LogP contribution >= 0.6 is 0 Å². The number of aliphatic imine (C=N–C) groups is 1. The number of quaternary nitrogens is 2. The lowest BCUT2D eigenvalue weighted by molar-refractivity contribution is -0.730. The molecule has 0 amide bonds. The number of nitrogens with two attached hydrogens (primary N) is 1. The third kappa shape index (κ3) is 5.21. The van der Waals surface area contributed by atoms with Crippen LogP contribution in [0.1, 0.15) is 12.0 Å². The molecule has 0 fully saturated rings. The van der Waals surface area contributed by atoms with Gasteiger partial charge >= 0.3 is 0 Å². The Labute approximate surface area is 155 Å². The normalized spacial score (nSPS) is 14.5. The van der Waals surface area contributed by atoms with Crippen LogP contribution < -0.4 is 39.8 Å². The van der Waals surface area contributed by atoms with E-state index in [1.165, 1.54) is 22.6 Å². The van der Waals surface area contributed by atoms with E-state index in [0.717, 1.165) is 31.1 Å². The molecule has 0 bridgehead atoms. The van der Waals surface area contributed by atoms with Crippen LogP contribution in [0.15, 0.2) is 53.5 Å². The summed E-state index contributed by atoms with van der Waals surface area (Å²) in [6.45, 7) is 3.25. The molecule has 1 aliphatic heterocycles. The van der Waals surface area contributed by atoms with Gasteiger partial charge in [0.1, 0.15) is 18.0 Å². The highest BCUT2D eigenvalue weighted by atomic mass is 35.5. The molecule has 0 aromatic heterocycles. The van der Waals surface area contributed by atoms with Crippen molar-refractivity contribution < 1.29 is 39.8 Å². The molecule has 3 rings (SSSR count). The number of para-hydroxylation sites is 2. The Balaban J connectivity index is 0.00000144. The molecular weight excluding hydrogens is 345 g/mol. The molecule has 6 heteroatoms. The van der Waals surface area contributed by atoms with Crippen molar-refractivity contribution in [1.82, 2.24) is 0 Å². The van der Waals surface area contributed by atoms with Gasteiger partial charge in [-0.2, -0.15) is 4.99 Å². The van der Waals surface area contributed by atoms with Gasteiger partial charge in [0, 0.05) is 18.1 Å². The van der Waals surface area contributed by atoms with Crippen LogP contribution in [-0.2, 0) is 6.54 Å². The van der Waals surface area contributed by atoms with E-state index in [4.69, 9.17) is 4.74 Å². The first kappa shape index (κ1) is 20.5. The van der Waals surface area contributed by atoms with Crippen LogP contribution in [0.5, 0.6) is 5.75 Å². The molecular formula is C18H23Cl2N3O. The molecule has 0 saturated carbocycles. The lowest BCUT2D eigenvalue weighted by atomic mass is 10.2. The summed E-state index contributed by atoms with van der Waals surface area (Å²) < 4.78 is 5.17. The maximum absolute atomic E-state index is 5.17. The fraction of sp³-hybridized carbons (Fsp3) is 0.278. The molecule has 0 spiro atoms. The predicted octanol–water partition coefficient (Wildman–Crippen LogP) is -4.95. The van der Waals surface area contributed by atoms with Gasteiger partial charge in [-0.15, -0.1) is 0 Å². The highest BCUT2D eigenvalue weighted by Crippen LogP contribution is 2.22. The zero-order valence-electron chi connectivity index (χ0n) is 13.7. The Morgan fingerprint density at radius 1 is 1.04 bits per heavy atom. The van der Waals surface area contributed by atoms with Crippen LogP contribution in [0.4, 0.5) is 11.4 Å². The number of fused-ring (bicyclic) bond motifs is 1. The van der Waals surface area contributed by atoms with E-state index >= 15 is 0 Å². The van der Waals surface area contributed by atoms with Gasteiger partial charge in [-0.1, -0.05) is 12.1 Å². The number of hydrogen-bond donors (Lipinski definition) is 2. The minimum atomic E-state index is 0. The van der Waals surface area contributed by atoms with Crippen molar-refractivity contribution in [1.29, 1.82) is 0 Å². The number of nitrogens with zero attached hydrogens (tertiary/aromatic N) is 1. The van der Waals surface area contributed by atoms with Crippen molar-refractivity contribution >= 4 is 17.7 Å². The summed E-state index contributed by atoms with van der Waals surface area (Å²) in [5, 5.41) is 2.36. The molecule has 2 aromatic rings. The third-order valence-electron chi connectivity index (χ3n) is 4.00. The van der Waals surface area contributed by atoms with E-state index in [0.29, 0.717) is 0 Å². The zero-order chi connectivity index (χ0) is 15.2. The number of halogens is 2. The molecule has 1 unspecified atom stereocenters. The minimum Gasteiger partial charge on any atom is -1.00 e. The van der Waals surface area contributed by atoms with Crippen molar-refractivity contribution in [3.63, 3.8) is 0 Å². The predicted molar refractivity (Wildman–Crippen MR) is 88.2 cm³/mol. The van der Waals surface area contributed by atoms with Gasteiger partial charge in [0.05, 0.1) is 20.2 Å². The summed E-state index contributed by atoms with van der Waals surface area (Å²) >= 11 is 0. The van der Waals surface area contributed by atoms with Crippen molar-refractivity contribution in [3.8, 4) is 5.75 Å². The second-order valence-corrected chi connectivity index (χ2v) is 5.53. The van der Waals surface area contributed by atoms with Crippen molar-refractivity contribution in [3.05, 3.63) is 54.1 Å². The molecule has 24 heavy (non-hydrogen) atoms. The summed E-state index contributed by atoms with van der Waals surface area (Å²) in [6.07, 6.45) is 3.19. The number of ether oxygens (including phenoxy) is 1. The van der Waals surface area contributed by atoms with Gasteiger partial charge in [0.2, 0.25) is 0 Å². The van der Waals surface area contributed by atoms with Crippen molar-refractivity contribution in [2.24, 2.45) is 4.99 Å². The SMILES string of the molecule is COc1ccc(C[NH2+]CCC[NH+]2C=Nc3ccccc32)cc1.[Cl-].[Cl-]. The molecule has 0 radical (unpaired) electrons. The van der Waals surface area contributed by atoms with E-state index in [1.54, 1.807) is 7.11 Å². The molecule has 0 aliphatic carbocycles. The lowest BCUT2D eigenvalue weighted by Gasteiger charge is -2.09. The summed E-state index contributed by atoms with van der Waals surface area (Å²) in [5.74, 6) is 0.916. The first-order valence-corrected chi connectivity index (χ1v) is 7.81. The van der Waals surface area contributed by atoms with E-state index in [2.05, 4.69) is 40.6 Å². The van der Waals surface area contributed by atoms with Crippen LogP contribution in [0, 0.1) is 0 Å². The molecule has 130 valence electrons. The summed E-state index contributed by atoms with van der Waals surface area (Å²) in [5.41, 5.74) is 3.75. The van der Waals surface area contributed by atoms with Gasteiger partial charge in [-0.3, -0.25) is 4.90 Å². The minimum absolute atomic E-state index is 0. The maximum atomic E-state index is 5.17. The van der Waals surface area contributed by atoms with Gasteiger partial charge < -0.3 is 34.9 Å². The topological polar surface area (TPSA) is 42.6 Å². The molecule has 1 heterocycles. The van der Waals surface area contributed by atoms with Gasteiger partial charge in [-0.05, 0) is 30.3 Å². The molecule has 3 N–H and O–H groups in total. The first-order valence-electron chi connectivity index (χ1n) is 7.81. The molecule has 1 aliphatic rings. The van der Waals surface area contributed by atoms with Crippen LogP contribution in [0.25, 0.3) is 0 Å². The lowest BCUT2D eigenvalue weighted by Crippen LogP contribution is -3.05.